The zero-order valence-electron chi connectivity index (χ0n) is 6.99. The lowest BCUT2D eigenvalue weighted by Gasteiger charge is -2.03. The van der Waals surface area contributed by atoms with E-state index in [1.807, 2.05) is 0 Å². The van der Waals surface area contributed by atoms with Crippen LogP contribution in [0.4, 0.5) is 4.39 Å². The molecule has 0 saturated heterocycles. The number of alkyl halides is 1. The first-order chi connectivity index (χ1) is 5.95. The fourth-order valence-corrected chi connectivity index (χ4v) is 1.75. The summed E-state index contributed by atoms with van der Waals surface area (Å²) < 4.78 is 42.4. The van der Waals surface area contributed by atoms with Crippen molar-refractivity contribution in [3.8, 4) is 0 Å². The van der Waals surface area contributed by atoms with Gasteiger partial charge in [0.1, 0.15) is 6.67 Å². The first-order valence-electron chi connectivity index (χ1n) is 3.58. The molecule has 0 atom stereocenters. The van der Waals surface area contributed by atoms with Gasteiger partial charge in [0.15, 0.2) is 0 Å². The van der Waals surface area contributed by atoms with Crippen molar-refractivity contribution in [2.24, 2.45) is 0 Å². The Balaban J connectivity index is 3.39. The lowest BCUT2D eigenvalue weighted by molar-refractivity contribution is 0.462. The Labute approximate surface area is 76.0 Å². The van der Waals surface area contributed by atoms with E-state index >= 15 is 0 Å². The van der Waals surface area contributed by atoms with Gasteiger partial charge in [0.05, 0.1) is 4.90 Å². The van der Waals surface area contributed by atoms with Gasteiger partial charge in [0.2, 0.25) is 0 Å². The van der Waals surface area contributed by atoms with E-state index in [0.29, 0.717) is 0 Å². The highest BCUT2D eigenvalue weighted by atomic mass is 32.2. The minimum Gasteiger partial charge on any atom is -0.282 e. The third kappa shape index (κ3) is 2.26. The molecule has 0 heterocycles. The van der Waals surface area contributed by atoms with Gasteiger partial charge in [-0.1, -0.05) is 17.7 Å². The summed E-state index contributed by atoms with van der Waals surface area (Å²) in [5.41, 5.74) is 0.738. The molecule has 5 heteroatoms. The van der Waals surface area contributed by atoms with Crippen LogP contribution in [-0.2, 0) is 16.8 Å². The van der Waals surface area contributed by atoms with Crippen LogP contribution in [0, 0.1) is 6.92 Å². The molecule has 1 aromatic rings. The Bertz CT molecular complexity index is 411. The Morgan fingerprint density at radius 1 is 1.46 bits per heavy atom. The molecule has 0 unspecified atom stereocenters. The largest absolute Gasteiger partial charge is 0.294 e. The maximum Gasteiger partial charge on any atom is 0.294 e. The Kier molecular flexibility index (Phi) is 2.68. The van der Waals surface area contributed by atoms with Crippen molar-refractivity contribution in [2.45, 2.75) is 18.5 Å². The molecular weight excluding hydrogens is 195 g/mol. The summed E-state index contributed by atoms with van der Waals surface area (Å²) in [6, 6.07) is 4.09. The van der Waals surface area contributed by atoms with Gasteiger partial charge < -0.3 is 0 Å². The van der Waals surface area contributed by atoms with Gasteiger partial charge in [0.25, 0.3) is 10.1 Å². The Hall–Kier alpha value is -0.940. The van der Waals surface area contributed by atoms with E-state index in [1.54, 1.807) is 6.92 Å². The van der Waals surface area contributed by atoms with E-state index in [4.69, 9.17) is 4.55 Å². The number of halogens is 1. The molecule has 13 heavy (non-hydrogen) atoms. The van der Waals surface area contributed by atoms with Crippen LogP contribution < -0.4 is 0 Å². The summed E-state index contributed by atoms with van der Waals surface area (Å²) >= 11 is 0. The first-order valence-corrected chi connectivity index (χ1v) is 5.02. The molecule has 0 aliphatic heterocycles. The normalized spacial score (nSPS) is 11.6. The Morgan fingerprint density at radius 3 is 2.54 bits per heavy atom. The second-order valence-corrected chi connectivity index (χ2v) is 4.11. The molecule has 0 aliphatic carbocycles. The minimum atomic E-state index is -4.30. The fourth-order valence-electron chi connectivity index (χ4n) is 1.06. The number of rotatable bonds is 2. The molecule has 0 amide bonds. The molecule has 3 nitrogen and oxygen atoms in total. The summed E-state index contributed by atoms with van der Waals surface area (Å²) in [7, 11) is -4.30. The first kappa shape index (κ1) is 10.1. The molecule has 0 aliphatic rings. The minimum absolute atomic E-state index is 0.0116. The maximum absolute atomic E-state index is 12.3. The van der Waals surface area contributed by atoms with Crippen LogP contribution >= 0.6 is 0 Å². The molecule has 0 radical (unpaired) electrons. The van der Waals surface area contributed by atoms with Crippen LogP contribution in [0.15, 0.2) is 23.1 Å². The number of hydrogen-bond acceptors (Lipinski definition) is 2. The van der Waals surface area contributed by atoms with Gasteiger partial charge in [-0.3, -0.25) is 4.55 Å². The van der Waals surface area contributed by atoms with Gasteiger partial charge in [0, 0.05) is 5.56 Å². The van der Waals surface area contributed by atoms with Crippen molar-refractivity contribution >= 4 is 10.1 Å². The molecule has 0 spiro atoms. The van der Waals surface area contributed by atoms with Crippen LogP contribution in [-0.4, -0.2) is 13.0 Å². The van der Waals surface area contributed by atoms with Crippen molar-refractivity contribution in [3.63, 3.8) is 0 Å². The molecule has 0 aromatic heterocycles. The Morgan fingerprint density at radius 2 is 2.08 bits per heavy atom. The highest BCUT2D eigenvalue weighted by Crippen LogP contribution is 2.17. The van der Waals surface area contributed by atoms with E-state index in [2.05, 4.69) is 0 Å². The topological polar surface area (TPSA) is 54.4 Å². The average molecular weight is 204 g/mol. The molecule has 72 valence electrons. The molecule has 1 N–H and O–H groups in total. The molecular formula is C8H9FO3S. The SMILES string of the molecule is Cc1ccc(S(=O)(=O)O)c(CF)c1. The second kappa shape index (κ2) is 3.43. The second-order valence-electron chi connectivity index (χ2n) is 2.72. The van der Waals surface area contributed by atoms with Gasteiger partial charge in [-0.05, 0) is 13.0 Å². The lowest BCUT2D eigenvalue weighted by atomic mass is 10.1. The quantitative estimate of drug-likeness (QED) is 0.746. The van der Waals surface area contributed by atoms with E-state index in [0.717, 1.165) is 5.56 Å². The van der Waals surface area contributed by atoms with Crippen molar-refractivity contribution in [3.05, 3.63) is 29.3 Å². The number of hydrogen-bond donors (Lipinski definition) is 1. The van der Waals surface area contributed by atoms with Crippen molar-refractivity contribution in [1.82, 2.24) is 0 Å². The zero-order valence-corrected chi connectivity index (χ0v) is 7.81. The maximum atomic E-state index is 12.3. The number of benzene rings is 1. The van der Waals surface area contributed by atoms with E-state index in [1.165, 1.54) is 18.2 Å². The summed E-state index contributed by atoms with van der Waals surface area (Å²) in [5.74, 6) is 0. The fraction of sp³-hybridized carbons (Fsp3) is 0.250. The van der Waals surface area contributed by atoms with Crippen LogP contribution in [0.5, 0.6) is 0 Å². The average Bonchev–Trinajstić information content (AvgIpc) is 2.01. The zero-order chi connectivity index (χ0) is 10.1. The van der Waals surface area contributed by atoms with Gasteiger partial charge >= 0.3 is 0 Å². The highest BCUT2D eigenvalue weighted by molar-refractivity contribution is 7.85. The molecule has 0 fully saturated rings. The third-order valence-corrected chi connectivity index (χ3v) is 2.59. The molecule has 1 aromatic carbocycles. The van der Waals surface area contributed by atoms with Gasteiger partial charge in [-0.25, -0.2) is 4.39 Å². The van der Waals surface area contributed by atoms with Crippen LogP contribution in [0.25, 0.3) is 0 Å². The van der Waals surface area contributed by atoms with E-state index < -0.39 is 16.8 Å². The molecule has 1 rings (SSSR count). The van der Waals surface area contributed by atoms with Crippen molar-refractivity contribution in [2.75, 3.05) is 0 Å². The number of aryl methyl sites for hydroxylation is 1. The summed E-state index contributed by atoms with van der Waals surface area (Å²) in [5, 5.41) is 0. The van der Waals surface area contributed by atoms with Crippen LogP contribution in [0.1, 0.15) is 11.1 Å². The van der Waals surface area contributed by atoms with E-state index in [9.17, 15) is 12.8 Å². The van der Waals surface area contributed by atoms with Gasteiger partial charge in [-0.2, -0.15) is 8.42 Å². The third-order valence-electron chi connectivity index (χ3n) is 1.64. The molecule has 0 bridgehead atoms. The summed E-state index contributed by atoms with van der Waals surface area (Å²) in [6.07, 6.45) is 0. The van der Waals surface area contributed by atoms with Crippen LogP contribution in [0.2, 0.25) is 0 Å². The summed E-state index contributed by atoms with van der Waals surface area (Å²) in [6.45, 7) is 0.809. The predicted octanol–water partition coefficient (Wildman–Crippen LogP) is 1.71. The predicted molar refractivity (Wildman–Crippen MR) is 45.8 cm³/mol. The van der Waals surface area contributed by atoms with Crippen molar-refractivity contribution < 1.29 is 17.4 Å². The molecule has 0 saturated carbocycles. The monoisotopic (exact) mass is 204 g/mol. The summed E-state index contributed by atoms with van der Waals surface area (Å²) in [4.78, 5) is -0.361. The lowest BCUT2D eigenvalue weighted by Crippen LogP contribution is -2.02. The van der Waals surface area contributed by atoms with E-state index in [-0.39, 0.29) is 10.5 Å². The van der Waals surface area contributed by atoms with Crippen molar-refractivity contribution in [1.29, 1.82) is 0 Å². The smallest absolute Gasteiger partial charge is 0.282 e. The van der Waals surface area contributed by atoms with Crippen LogP contribution in [0.3, 0.4) is 0 Å². The van der Waals surface area contributed by atoms with Gasteiger partial charge in [-0.15, -0.1) is 0 Å². The highest BCUT2D eigenvalue weighted by Gasteiger charge is 2.14. The standard InChI is InChI=1S/C8H9FO3S/c1-6-2-3-8(13(10,11)12)7(4-6)5-9/h2-4H,5H2,1H3,(H,10,11,12).